The van der Waals surface area contributed by atoms with Crippen LogP contribution in [-0.2, 0) is 54.4 Å². The van der Waals surface area contributed by atoms with Gasteiger partial charge in [0.1, 0.15) is 48.0 Å². The van der Waals surface area contributed by atoms with E-state index in [-0.39, 0.29) is 31.1 Å². The zero-order chi connectivity index (χ0) is 50.4. The highest BCUT2D eigenvalue weighted by molar-refractivity contribution is 5.99. The summed E-state index contributed by atoms with van der Waals surface area (Å²) in [6.45, 7) is 9.30. The number of nitrogens with one attached hydrogen (secondary N) is 7. The first-order valence-electron chi connectivity index (χ1n) is 21.5. The number of nitrogens with two attached hydrogens (primary N) is 3. The molecule has 17 N–H and O–H groups in total. The van der Waals surface area contributed by atoms with Crippen LogP contribution in [0.1, 0.15) is 85.6 Å². The Morgan fingerprint density at radius 3 is 1.48 bits per heavy atom. The summed E-state index contributed by atoms with van der Waals surface area (Å²) in [5, 5.41) is 55.4. The zero-order valence-corrected chi connectivity index (χ0v) is 38.1. The lowest BCUT2D eigenvalue weighted by Crippen LogP contribution is -2.62. The van der Waals surface area contributed by atoms with Crippen molar-refractivity contribution in [1.82, 2.24) is 37.2 Å². The van der Waals surface area contributed by atoms with Gasteiger partial charge in [-0.05, 0) is 67.7 Å². The fourth-order valence-corrected chi connectivity index (χ4v) is 6.36. The van der Waals surface area contributed by atoms with Gasteiger partial charge in [0, 0.05) is 6.42 Å². The number of hydrogen-bond donors (Lipinski definition) is 14. The number of hydrogen-bond acceptors (Lipinski definition) is 14. The van der Waals surface area contributed by atoms with Gasteiger partial charge in [0.25, 0.3) is 0 Å². The number of carboxylic acids is 2. The molecular formula is C42H68N10O14. The molecule has 0 aliphatic rings. The lowest BCUT2D eigenvalue weighted by Gasteiger charge is -2.30. The van der Waals surface area contributed by atoms with Gasteiger partial charge < -0.3 is 74.8 Å². The first-order valence-corrected chi connectivity index (χ1v) is 21.5. The first-order chi connectivity index (χ1) is 30.8. The van der Waals surface area contributed by atoms with Crippen molar-refractivity contribution in [2.75, 3.05) is 13.2 Å². The fourth-order valence-electron chi connectivity index (χ4n) is 6.36. The van der Waals surface area contributed by atoms with Crippen LogP contribution in [0.2, 0.25) is 0 Å². The summed E-state index contributed by atoms with van der Waals surface area (Å²) in [6.07, 6.45) is -1.08. The molecule has 0 saturated heterocycles. The van der Waals surface area contributed by atoms with Crippen LogP contribution in [0, 0.1) is 17.8 Å². The Hall–Kier alpha value is -6.40. The van der Waals surface area contributed by atoms with E-state index in [0.717, 1.165) is 0 Å². The van der Waals surface area contributed by atoms with Gasteiger partial charge in [-0.1, -0.05) is 53.7 Å². The third-order valence-corrected chi connectivity index (χ3v) is 9.99. The third kappa shape index (κ3) is 20.6. The number of benzene rings is 1. The number of carbonyl (C=O) groups is 10. The quantitative estimate of drug-likeness (QED) is 0.0334. The maximum absolute atomic E-state index is 13.8. The second-order valence-corrected chi connectivity index (χ2v) is 16.9. The number of aliphatic hydroxyl groups excluding tert-OH is 1. The number of aliphatic hydroxyl groups is 1. The summed E-state index contributed by atoms with van der Waals surface area (Å²) in [6, 6.07) is -6.54. The molecule has 0 aliphatic heterocycles. The number of aliphatic carboxylic acids is 2. The van der Waals surface area contributed by atoms with Crippen molar-refractivity contribution < 1.29 is 68.4 Å². The number of phenols is 1. The summed E-state index contributed by atoms with van der Waals surface area (Å²) in [7, 11) is 0. The van der Waals surface area contributed by atoms with Crippen LogP contribution in [-0.4, -0.2) is 141 Å². The van der Waals surface area contributed by atoms with Crippen molar-refractivity contribution in [2.24, 2.45) is 35.0 Å². The Balaban J connectivity index is 3.29. The Kier molecular flexibility index (Phi) is 24.9. The SMILES string of the molecule is CC(C)C[C@H](N)C(=O)N[C@@H](CO)C(=O)N[C@@H](CCCCN)C(=O)N[C@H](C(=O)N[C@H](C(=O)N[C@@H](CC(=O)O)C(=O)N[C@@H](CC(N)=O)C(=O)N[C@@H](Cc1ccc(O)cc1)C(=O)O)C(C)C)C(C)C. The maximum atomic E-state index is 13.8. The summed E-state index contributed by atoms with van der Waals surface area (Å²) in [5.74, 6) is -12.5. The molecular weight excluding hydrogens is 869 g/mol. The molecule has 0 aliphatic carbocycles. The number of primary amides is 1. The highest BCUT2D eigenvalue weighted by Gasteiger charge is 2.37. The number of carboxylic acid groups (broad SMARTS) is 2. The molecule has 0 fully saturated rings. The average Bonchev–Trinajstić information content (AvgIpc) is 3.22. The average molecular weight is 937 g/mol. The summed E-state index contributed by atoms with van der Waals surface area (Å²) in [4.78, 5) is 130. The predicted molar refractivity (Wildman–Crippen MR) is 236 cm³/mol. The van der Waals surface area contributed by atoms with E-state index in [2.05, 4.69) is 37.2 Å². The van der Waals surface area contributed by atoms with Crippen LogP contribution in [0.4, 0.5) is 0 Å². The molecule has 8 amide bonds. The summed E-state index contributed by atoms with van der Waals surface area (Å²) < 4.78 is 0. The lowest BCUT2D eigenvalue weighted by atomic mass is 9.98. The van der Waals surface area contributed by atoms with E-state index in [1.54, 1.807) is 13.8 Å². The van der Waals surface area contributed by atoms with Crippen LogP contribution in [0.3, 0.4) is 0 Å². The second-order valence-electron chi connectivity index (χ2n) is 16.9. The normalized spacial score (nSPS) is 14.8. The molecule has 0 bridgehead atoms. The maximum Gasteiger partial charge on any atom is 0.326 e. The minimum atomic E-state index is -1.93. The van der Waals surface area contributed by atoms with Gasteiger partial charge in [0.15, 0.2) is 0 Å². The number of carbonyl (C=O) groups excluding carboxylic acids is 8. The van der Waals surface area contributed by atoms with E-state index in [4.69, 9.17) is 17.2 Å². The number of rotatable bonds is 30. The molecule has 0 spiro atoms. The van der Waals surface area contributed by atoms with E-state index in [0.29, 0.717) is 24.8 Å². The van der Waals surface area contributed by atoms with E-state index in [1.165, 1.54) is 38.1 Å². The molecule has 370 valence electrons. The predicted octanol–water partition coefficient (Wildman–Crippen LogP) is -3.43. The van der Waals surface area contributed by atoms with E-state index >= 15 is 0 Å². The molecule has 0 radical (unpaired) electrons. The second kappa shape index (κ2) is 28.5. The summed E-state index contributed by atoms with van der Waals surface area (Å²) >= 11 is 0. The highest BCUT2D eigenvalue weighted by atomic mass is 16.4. The molecule has 1 aromatic carbocycles. The van der Waals surface area contributed by atoms with Crippen LogP contribution >= 0.6 is 0 Å². The van der Waals surface area contributed by atoms with E-state index < -0.39 is 139 Å². The monoisotopic (exact) mass is 936 g/mol. The zero-order valence-electron chi connectivity index (χ0n) is 38.1. The highest BCUT2D eigenvalue weighted by Crippen LogP contribution is 2.13. The van der Waals surface area contributed by atoms with Gasteiger partial charge in [0.2, 0.25) is 47.3 Å². The van der Waals surface area contributed by atoms with Gasteiger partial charge in [-0.3, -0.25) is 43.2 Å². The van der Waals surface area contributed by atoms with Gasteiger partial charge in [-0.15, -0.1) is 0 Å². The molecule has 1 aromatic rings. The lowest BCUT2D eigenvalue weighted by molar-refractivity contribution is -0.143. The molecule has 0 heterocycles. The van der Waals surface area contributed by atoms with Crippen molar-refractivity contribution in [3.63, 3.8) is 0 Å². The Morgan fingerprint density at radius 2 is 1.02 bits per heavy atom. The van der Waals surface area contributed by atoms with Gasteiger partial charge in [-0.2, -0.15) is 0 Å². The Bertz CT molecular complexity index is 1850. The summed E-state index contributed by atoms with van der Waals surface area (Å²) in [5.41, 5.74) is 17.2. The molecule has 1 rings (SSSR count). The number of phenolic OH excluding ortho intramolecular Hbond substituents is 1. The van der Waals surface area contributed by atoms with Crippen molar-refractivity contribution in [1.29, 1.82) is 0 Å². The smallest absolute Gasteiger partial charge is 0.326 e. The van der Waals surface area contributed by atoms with Crippen LogP contribution in [0.5, 0.6) is 5.75 Å². The Morgan fingerprint density at radius 1 is 0.576 bits per heavy atom. The minimum absolute atomic E-state index is 0.0339. The van der Waals surface area contributed by atoms with E-state index in [9.17, 15) is 68.4 Å². The van der Waals surface area contributed by atoms with E-state index in [1.807, 2.05) is 13.8 Å². The minimum Gasteiger partial charge on any atom is -0.508 e. The van der Waals surface area contributed by atoms with Crippen molar-refractivity contribution in [2.45, 2.75) is 135 Å². The number of unbranched alkanes of at least 4 members (excludes halogenated alkanes) is 1. The molecule has 24 heteroatoms. The molecule has 0 saturated carbocycles. The van der Waals surface area contributed by atoms with Crippen LogP contribution in [0.15, 0.2) is 24.3 Å². The largest absolute Gasteiger partial charge is 0.508 e. The first kappa shape index (κ1) is 57.6. The fraction of sp³-hybridized carbons (Fsp3) is 0.619. The molecule has 0 unspecified atom stereocenters. The topological polar surface area (TPSA) is 414 Å². The van der Waals surface area contributed by atoms with Gasteiger partial charge >= 0.3 is 11.9 Å². The molecule has 66 heavy (non-hydrogen) atoms. The van der Waals surface area contributed by atoms with Crippen LogP contribution in [0.25, 0.3) is 0 Å². The Labute approximate surface area is 382 Å². The van der Waals surface area contributed by atoms with Crippen molar-refractivity contribution >= 4 is 59.2 Å². The van der Waals surface area contributed by atoms with Crippen LogP contribution < -0.4 is 54.4 Å². The van der Waals surface area contributed by atoms with Gasteiger partial charge in [-0.25, -0.2) is 4.79 Å². The van der Waals surface area contributed by atoms with Crippen molar-refractivity contribution in [3.05, 3.63) is 29.8 Å². The molecule has 8 atom stereocenters. The number of amides is 8. The number of aromatic hydroxyl groups is 1. The third-order valence-electron chi connectivity index (χ3n) is 9.99. The van der Waals surface area contributed by atoms with Gasteiger partial charge in [0.05, 0.1) is 25.5 Å². The van der Waals surface area contributed by atoms with Crippen molar-refractivity contribution in [3.8, 4) is 5.75 Å². The standard InChI is InChI=1S/C42H68N10O14/c1-20(2)15-25(44)35(58)50-30(19-53)39(62)46-26(9-7-8-14-43)36(59)51-34(22(5)6)41(64)52-33(21(3)4)40(63)48-28(18-32(56)57)38(61)47-27(17-31(45)55)37(60)49-29(42(65)66)16-23-10-12-24(54)13-11-23/h10-13,20-22,25-30,33-34,53-54H,7-9,14-19,43-44H2,1-6H3,(H2,45,55)(H,46,62)(H,47,61)(H,48,63)(H,49,60)(H,50,58)(H,51,59)(H,52,64)(H,56,57)(H,65,66)/t25-,26-,27-,28-,29-,30-,33-,34-/m0/s1. The molecule has 24 nitrogen and oxygen atoms in total. The molecule has 0 aromatic heterocycles.